The van der Waals surface area contributed by atoms with Crippen LogP contribution in [0.15, 0.2) is 92.5 Å². The van der Waals surface area contributed by atoms with Crippen molar-refractivity contribution in [1.29, 1.82) is 5.26 Å². The summed E-state index contributed by atoms with van der Waals surface area (Å²) in [5.41, 5.74) is 1.80. The number of amides is 1. The molecule has 1 N–H and O–H groups in total. The molecule has 3 aliphatic rings. The zero-order valence-electron chi connectivity index (χ0n) is 24.1. The molecule has 9 nitrogen and oxygen atoms in total. The van der Waals surface area contributed by atoms with Crippen LogP contribution in [-0.2, 0) is 21.2 Å². The number of sulfonamides is 1. The fraction of sp³-hybridized carbons (Fsp3) is 0.312. The minimum absolute atomic E-state index is 0.0486. The van der Waals surface area contributed by atoms with Crippen LogP contribution in [0.5, 0.6) is 0 Å². The van der Waals surface area contributed by atoms with Crippen LogP contribution in [0.25, 0.3) is 0 Å². The first kappa shape index (κ1) is 30.4. The van der Waals surface area contributed by atoms with Gasteiger partial charge in [0.25, 0.3) is 15.9 Å². The summed E-state index contributed by atoms with van der Waals surface area (Å²) in [6.45, 7) is 4.57. The van der Waals surface area contributed by atoms with Crippen molar-refractivity contribution in [3.05, 3.63) is 105 Å². The van der Waals surface area contributed by atoms with Crippen LogP contribution in [0.4, 0.5) is 0 Å². The third-order valence-electron chi connectivity index (χ3n) is 8.49. The maximum Gasteiger partial charge on any atom is 0.254 e. The number of ketones is 1. The second-order valence-electron chi connectivity index (χ2n) is 11.7. The molecule has 4 heterocycles. The molecule has 2 aliphatic heterocycles. The summed E-state index contributed by atoms with van der Waals surface area (Å²) in [5.74, 6) is -0.117. The minimum atomic E-state index is -3.64. The number of nitrogens with zero attached hydrogens (tertiary/aromatic N) is 4. The predicted molar refractivity (Wildman–Crippen MR) is 170 cm³/mol. The summed E-state index contributed by atoms with van der Waals surface area (Å²) in [4.78, 5) is 33.9. The number of nitriles is 1. The van der Waals surface area contributed by atoms with Gasteiger partial charge in [-0.2, -0.15) is 9.57 Å². The van der Waals surface area contributed by atoms with E-state index >= 15 is 0 Å². The summed E-state index contributed by atoms with van der Waals surface area (Å²) < 4.78 is 29.2. The number of thiophene rings is 1. The maximum absolute atomic E-state index is 14.6. The van der Waals surface area contributed by atoms with E-state index in [1.807, 2.05) is 32.1 Å². The molecule has 0 spiro atoms. The molecule has 226 valence electrons. The van der Waals surface area contributed by atoms with Crippen molar-refractivity contribution in [2.24, 2.45) is 11.8 Å². The van der Waals surface area contributed by atoms with Gasteiger partial charge in [0.2, 0.25) is 0 Å². The number of allylic oxidation sites excluding steroid dienone is 2. The highest BCUT2D eigenvalue weighted by Gasteiger charge is 2.65. The Bertz CT molecular complexity index is 1820. The van der Waals surface area contributed by atoms with Gasteiger partial charge in [0.15, 0.2) is 5.78 Å². The van der Waals surface area contributed by atoms with E-state index in [1.54, 1.807) is 53.7 Å². The van der Waals surface area contributed by atoms with E-state index in [-0.39, 0.29) is 33.8 Å². The Morgan fingerprint density at radius 3 is 2.41 bits per heavy atom. The van der Waals surface area contributed by atoms with Gasteiger partial charge in [-0.15, -0.1) is 11.3 Å². The quantitative estimate of drug-likeness (QED) is 0.193. The minimum Gasteiger partial charge on any atom is -0.357 e. The van der Waals surface area contributed by atoms with Crippen LogP contribution in [0.1, 0.15) is 41.8 Å². The number of fused-ring (bicyclic) bond motifs is 1. The topological polar surface area (TPSA) is 123 Å². The van der Waals surface area contributed by atoms with Crippen LogP contribution >= 0.6 is 27.3 Å². The van der Waals surface area contributed by atoms with E-state index in [9.17, 15) is 18.0 Å². The number of nitrogens with one attached hydrogen (secondary N) is 1. The average Bonchev–Trinajstić information content (AvgIpc) is 3.35. The summed E-state index contributed by atoms with van der Waals surface area (Å²) in [7, 11) is -3.64. The van der Waals surface area contributed by atoms with E-state index < -0.39 is 15.6 Å². The van der Waals surface area contributed by atoms with E-state index in [0.717, 1.165) is 14.9 Å². The number of hydrogen-bond donors (Lipinski definition) is 1. The third kappa shape index (κ3) is 5.65. The molecule has 1 amide bonds. The van der Waals surface area contributed by atoms with Gasteiger partial charge < -0.3 is 5.32 Å². The normalized spacial score (nSPS) is 25.4. The van der Waals surface area contributed by atoms with Crippen molar-refractivity contribution >= 4 is 49.0 Å². The Hall–Kier alpha value is -3.63. The second kappa shape index (κ2) is 11.7. The second-order valence-corrected chi connectivity index (χ2v) is 16.3. The highest BCUT2D eigenvalue weighted by atomic mass is 79.9. The Morgan fingerprint density at radius 2 is 1.82 bits per heavy atom. The van der Waals surface area contributed by atoms with Gasteiger partial charge >= 0.3 is 0 Å². The highest BCUT2D eigenvalue weighted by Crippen LogP contribution is 2.53. The molecule has 6 rings (SSSR count). The zero-order chi connectivity index (χ0) is 31.2. The van der Waals surface area contributed by atoms with Gasteiger partial charge in [-0.3, -0.25) is 19.5 Å². The lowest BCUT2D eigenvalue weighted by molar-refractivity contribution is -0.132. The zero-order valence-corrected chi connectivity index (χ0v) is 27.3. The summed E-state index contributed by atoms with van der Waals surface area (Å²) in [6, 6.07) is 15.3. The number of halogens is 1. The first-order valence-corrected chi connectivity index (χ1v) is 17.2. The fourth-order valence-corrected chi connectivity index (χ4v) is 9.85. The number of carbonyl (C=O) groups excluding carboxylic acids is 2. The Labute approximate surface area is 269 Å². The Balaban J connectivity index is 1.33. The number of piperidine rings is 1. The number of rotatable bonds is 9. The molecule has 3 aromatic rings. The van der Waals surface area contributed by atoms with Crippen LogP contribution in [0, 0.1) is 23.2 Å². The number of carbonyl (C=O) groups is 2. The molecular weight excluding hydrogens is 662 g/mol. The van der Waals surface area contributed by atoms with E-state index in [0.29, 0.717) is 42.9 Å². The number of aromatic nitrogens is 1. The first-order chi connectivity index (χ1) is 21.0. The van der Waals surface area contributed by atoms with Gasteiger partial charge in [-0.05, 0) is 90.3 Å². The van der Waals surface area contributed by atoms with Crippen molar-refractivity contribution in [3.8, 4) is 6.07 Å². The van der Waals surface area contributed by atoms with Gasteiger partial charge in [-0.25, -0.2) is 8.42 Å². The van der Waals surface area contributed by atoms with E-state index in [4.69, 9.17) is 5.26 Å². The lowest BCUT2D eigenvalue weighted by Gasteiger charge is -2.27. The lowest BCUT2D eigenvalue weighted by atomic mass is 9.87. The van der Waals surface area contributed by atoms with E-state index in [2.05, 4.69) is 32.3 Å². The number of benzene rings is 1. The molecule has 2 aromatic heterocycles. The van der Waals surface area contributed by atoms with Gasteiger partial charge in [0.05, 0.1) is 15.4 Å². The standard InChI is InChI=1S/C32H30BrN5O4S2/c1-20(2)9-12-32(16-21-10-13-35-14-11-21)31(40)38(28(36-32)15-26(39)23-5-3-22(17-34)4-6-23)30-24-18-37(19-25(24)30)44(41,42)29-8-7-27(33)43-29/h3-11,13-15,24-25,30,36H,12,16,18-19H2,1-2H3/b28-15+/t24-,25+,30+,32?. The van der Waals surface area contributed by atoms with Gasteiger partial charge in [0, 0.05) is 61.4 Å². The van der Waals surface area contributed by atoms with Crippen molar-refractivity contribution in [1.82, 2.24) is 19.5 Å². The molecule has 0 bridgehead atoms. The van der Waals surface area contributed by atoms with Crippen LogP contribution < -0.4 is 5.32 Å². The predicted octanol–water partition coefficient (Wildman–Crippen LogP) is 4.89. The van der Waals surface area contributed by atoms with Crippen LogP contribution in [-0.4, -0.2) is 59.0 Å². The lowest BCUT2D eigenvalue weighted by Crippen LogP contribution is -2.49. The molecule has 12 heteroatoms. The highest BCUT2D eigenvalue weighted by molar-refractivity contribution is 9.11. The van der Waals surface area contributed by atoms with Crippen LogP contribution in [0.3, 0.4) is 0 Å². The largest absolute Gasteiger partial charge is 0.357 e. The number of pyridine rings is 1. The molecule has 1 saturated carbocycles. The average molecular weight is 693 g/mol. The van der Waals surface area contributed by atoms with Crippen LogP contribution in [0.2, 0.25) is 0 Å². The third-order valence-corrected chi connectivity index (χ3v) is 12.4. The maximum atomic E-state index is 14.6. The SMILES string of the molecule is CC(C)=CCC1(Cc2ccncc2)N/C(=C\C(=O)c2ccc(C#N)cc2)N([C@H]2[C@@H]3CN(S(=O)(=O)c4ccc(Br)s4)C[C@@H]32)C1=O. The molecule has 1 aromatic carbocycles. The molecule has 1 unspecified atom stereocenters. The fourth-order valence-electron chi connectivity index (χ4n) is 6.17. The molecule has 1 aliphatic carbocycles. The monoisotopic (exact) mass is 691 g/mol. The first-order valence-electron chi connectivity index (χ1n) is 14.2. The summed E-state index contributed by atoms with van der Waals surface area (Å²) in [5, 5.41) is 12.6. The molecule has 0 radical (unpaired) electrons. The summed E-state index contributed by atoms with van der Waals surface area (Å²) >= 11 is 4.53. The number of hydrogen-bond acceptors (Lipinski definition) is 8. The van der Waals surface area contributed by atoms with E-state index in [1.165, 1.54) is 21.7 Å². The molecular formula is C32H30BrN5O4S2. The smallest absolute Gasteiger partial charge is 0.254 e. The molecule has 3 fully saturated rings. The van der Waals surface area contributed by atoms with Gasteiger partial charge in [-0.1, -0.05) is 11.6 Å². The van der Waals surface area contributed by atoms with Crippen molar-refractivity contribution in [3.63, 3.8) is 0 Å². The Morgan fingerprint density at radius 1 is 1.14 bits per heavy atom. The molecule has 2 saturated heterocycles. The van der Waals surface area contributed by atoms with Gasteiger partial charge in [0.1, 0.15) is 15.6 Å². The molecule has 4 atom stereocenters. The Kier molecular flexibility index (Phi) is 8.09. The molecule has 44 heavy (non-hydrogen) atoms. The summed E-state index contributed by atoms with van der Waals surface area (Å²) in [6.07, 6.45) is 7.66. The van der Waals surface area contributed by atoms with Crippen molar-refractivity contribution in [2.45, 2.75) is 42.5 Å². The van der Waals surface area contributed by atoms with Crippen molar-refractivity contribution in [2.75, 3.05) is 13.1 Å². The van der Waals surface area contributed by atoms with Crippen molar-refractivity contribution < 1.29 is 18.0 Å².